The standard InChI is InChI=1S/C27H26N6O3.C3H6.C3H8/c1-17(34)24-13-18-5-2-3-6-22(18)33(24)27(36)21-14-25(30-16-29-21)31-11-8-19(9-12-31)32-23-7-4-10-28-20(23)15-26(32)35;1-2-3-1;1-3-2/h2-7,10,14,16,19,24H,8-9,11-13,15H2,1H3;1-3H2;3H2,1-2H3. The van der Waals surface area contributed by atoms with Gasteiger partial charge in [0.05, 0.1) is 23.8 Å². The monoisotopic (exact) mass is 568 g/mol. The van der Waals surface area contributed by atoms with Crippen LogP contribution in [0.5, 0.6) is 0 Å². The molecule has 7 rings (SSSR count). The zero-order chi connectivity index (χ0) is 29.6. The molecule has 1 atom stereocenters. The molecule has 4 aliphatic rings. The van der Waals surface area contributed by atoms with Crippen molar-refractivity contribution in [1.82, 2.24) is 15.0 Å². The number of fused-ring (bicyclic) bond motifs is 2. The van der Waals surface area contributed by atoms with E-state index >= 15 is 0 Å². The Morgan fingerprint density at radius 1 is 0.929 bits per heavy atom. The van der Waals surface area contributed by atoms with Gasteiger partial charge in [0.2, 0.25) is 5.91 Å². The molecule has 1 aliphatic carbocycles. The molecule has 3 aromatic rings. The number of nitrogens with zero attached hydrogens (tertiary/aromatic N) is 6. The highest BCUT2D eigenvalue weighted by Crippen LogP contribution is 2.35. The van der Waals surface area contributed by atoms with Crippen molar-refractivity contribution in [1.29, 1.82) is 0 Å². The van der Waals surface area contributed by atoms with E-state index in [1.54, 1.807) is 17.2 Å². The van der Waals surface area contributed by atoms with Gasteiger partial charge in [-0.2, -0.15) is 0 Å². The van der Waals surface area contributed by atoms with Gasteiger partial charge >= 0.3 is 0 Å². The van der Waals surface area contributed by atoms with E-state index < -0.39 is 6.04 Å². The van der Waals surface area contributed by atoms with Crippen LogP contribution in [0.2, 0.25) is 0 Å². The molecule has 3 aliphatic heterocycles. The van der Waals surface area contributed by atoms with Crippen molar-refractivity contribution in [2.45, 2.75) is 84.2 Å². The Bertz CT molecular complexity index is 1430. The summed E-state index contributed by atoms with van der Waals surface area (Å²) in [5.41, 5.74) is 3.77. The Morgan fingerprint density at radius 3 is 2.31 bits per heavy atom. The first-order valence-electron chi connectivity index (χ1n) is 15.2. The maximum absolute atomic E-state index is 13.6. The van der Waals surface area contributed by atoms with Crippen LogP contribution in [0.15, 0.2) is 55.0 Å². The van der Waals surface area contributed by atoms with Gasteiger partial charge in [0.15, 0.2) is 5.78 Å². The summed E-state index contributed by atoms with van der Waals surface area (Å²) in [6.45, 7) is 7.18. The number of para-hydroxylation sites is 1. The molecule has 0 bridgehead atoms. The number of hydrogen-bond donors (Lipinski definition) is 0. The molecule has 1 aromatic carbocycles. The normalized spacial score (nSPS) is 18.8. The molecule has 42 heavy (non-hydrogen) atoms. The molecular formula is C33H40N6O3. The fourth-order valence-electron chi connectivity index (χ4n) is 5.62. The fraction of sp³-hybridized carbons (Fsp3) is 0.455. The van der Waals surface area contributed by atoms with Crippen LogP contribution in [0.1, 0.15) is 81.0 Å². The number of carbonyl (C=O) groups excluding carboxylic acids is 3. The zero-order valence-electron chi connectivity index (χ0n) is 24.8. The predicted molar refractivity (Wildman–Crippen MR) is 164 cm³/mol. The summed E-state index contributed by atoms with van der Waals surface area (Å²) in [6.07, 6.45) is 11.3. The summed E-state index contributed by atoms with van der Waals surface area (Å²) in [5, 5.41) is 0. The number of rotatable bonds is 4. The molecule has 9 nitrogen and oxygen atoms in total. The number of carbonyl (C=O) groups is 3. The smallest absolute Gasteiger partial charge is 0.277 e. The number of anilines is 3. The van der Waals surface area contributed by atoms with Crippen molar-refractivity contribution in [3.63, 3.8) is 0 Å². The molecule has 1 saturated heterocycles. The quantitative estimate of drug-likeness (QED) is 0.428. The summed E-state index contributed by atoms with van der Waals surface area (Å²) in [6, 6.07) is 12.7. The van der Waals surface area contributed by atoms with Crippen LogP contribution in [-0.2, 0) is 22.4 Å². The van der Waals surface area contributed by atoms with Crippen LogP contribution in [0, 0.1) is 0 Å². The first-order valence-corrected chi connectivity index (χ1v) is 15.2. The predicted octanol–water partition coefficient (Wildman–Crippen LogP) is 5.18. The maximum atomic E-state index is 13.6. The van der Waals surface area contributed by atoms with Gasteiger partial charge < -0.3 is 9.80 Å². The van der Waals surface area contributed by atoms with E-state index in [-0.39, 0.29) is 29.3 Å². The van der Waals surface area contributed by atoms with Gasteiger partial charge in [0.25, 0.3) is 5.91 Å². The lowest BCUT2D eigenvalue weighted by Gasteiger charge is -2.37. The lowest BCUT2D eigenvalue weighted by atomic mass is 10.0. The molecule has 1 unspecified atom stereocenters. The number of amides is 2. The van der Waals surface area contributed by atoms with Crippen LogP contribution in [0.25, 0.3) is 0 Å². The molecule has 0 spiro atoms. The number of ketones is 1. The topological polar surface area (TPSA) is 99.6 Å². The second kappa shape index (κ2) is 13.2. The molecule has 2 amide bonds. The average Bonchev–Trinajstić information content (AvgIpc) is 3.78. The number of pyridine rings is 1. The molecule has 2 aromatic heterocycles. The van der Waals surface area contributed by atoms with Crippen molar-refractivity contribution in [3.05, 3.63) is 71.9 Å². The van der Waals surface area contributed by atoms with E-state index in [4.69, 9.17) is 0 Å². The van der Waals surface area contributed by atoms with E-state index in [0.29, 0.717) is 31.7 Å². The first-order chi connectivity index (χ1) is 20.4. The highest BCUT2D eigenvalue weighted by molar-refractivity contribution is 6.11. The van der Waals surface area contributed by atoms with Crippen LogP contribution in [0.3, 0.4) is 0 Å². The summed E-state index contributed by atoms with van der Waals surface area (Å²) >= 11 is 0. The van der Waals surface area contributed by atoms with Gasteiger partial charge in [0, 0.05) is 43.5 Å². The molecule has 0 N–H and O–H groups in total. The lowest BCUT2D eigenvalue weighted by molar-refractivity contribution is -0.118. The number of aromatic nitrogens is 3. The fourth-order valence-corrected chi connectivity index (χ4v) is 5.62. The van der Waals surface area contributed by atoms with Crippen LogP contribution < -0.4 is 14.7 Å². The SMILES string of the molecule is C1CC1.CC(=O)C1Cc2ccccc2N1C(=O)c1cc(N2CCC(N3C(=O)Cc4ncccc43)CC2)ncn1.CCC. The van der Waals surface area contributed by atoms with Gasteiger partial charge in [0.1, 0.15) is 17.8 Å². The average molecular weight is 569 g/mol. The Labute approximate surface area is 248 Å². The number of Topliss-reactive ketones (excluding diaryl/α,β-unsaturated/α-hetero) is 1. The Morgan fingerprint density at radius 2 is 1.62 bits per heavy atom. The minimum atomic E-state index is -0.528. The first kappa shape index (κ1) is 29.4. The van der Waals surface area contributed by atoms with Crippen molar-refractivity contribution >= 4 is 34.8 Å². The number of piperidine rings is 1. The third-order valence-corrected chi connectivity index (χ3v) is 7.76. The summed E-state index contributed by atoms with van der Waals surface area (Å²) in [7, 11) is 0. The second-order valence-electron chi connectivity index (χ2n) is 11.3. The summed E-state index contributed by atoms with van der Waals surface area (Å²) < 4.78 is 0. The lowest BCUT2D eigenvalue weighted by Crippen LogP contribution is -2.46. The van der Waals surface area contributed by atoms with E-state index in [2.05, 4.69) is 33.7 Å². The van der Waals surface area contributed by atoms with Gasteiger partial charge in [-0.1, -0.05) is 57.7 Å². The maximum Gasteiger partial charge on any atom is 0.277 e. The van der Waals surface area contributed by atoms with Gasteiger partial charge in [-0.3, -0.25) is 24.3 Å². The van der Waals surface area contributed by atoms with Gasteiger partial charge in [-0.15, -0.1) is 0 Å². The molecule has 5 heterocycles. The molecule has 0 radical (unpaired) electrons. The molecular weight excluding hydrogens is 528 g/mol. The third kappa shape index (κ3) is 6.35. The van der Waals surface area contributed by atoms with Crippen molar-refractivity contribution in [3.8, 4) is 0 Å². The second-order valence-corrected chi connectivity index (χ2v) is 11.3. The summed E-state index contributed by atoms with van der Waals surface area (Å²) in [4.78, 5) is 57.2. The van der Waals surface area contributed by atoms with Crippen molar-refractivity contribution < 1.29 is 14.4 Å². The largest absolute Gasteiger partial charge is 0.356 e. The highest BCUT2D eigenvalue weighted by Gasteiger charge is 2.38. The van der Waals surface area contributed by atoms with E-state index in [1.165, 1.54) is 38.9 Å². The van der Waals surface area contributed by atoms with Crippen LogP contribution in [-0.4, -0.2) is 57.7 Å². The molecule has 9 heteroatoms. The van der Waals surface area contributed by atoms with Gasteiger partial charge in [-0.05, 0) is 43.5 Å². The zero-order valence-corrected chi connectivity index (χ0v) is 24.8. The Kier molecular flexibility index (Phi) is 9.25. The van der Waals surface area contributed by atoms with Crippen LogP contribution in [0.4, 0.5) is 17.2 Å². The van der Waals surface area contributed by atoms with Crippen LogP contribution >= 0.6 is 0 Å². The number of hydrogen-bond acceptors (Lipinski definition) is 7. The summed E-state index contributed by atoms with van der Waals surface area (Å²) in [5.74, 6) is 0.422. The van der Waals surface area contributed by atoms with Crippen molar-refractivity contribution in [2.24, 2.45) is 0 Å². The Balaban J connectivity index is 0.000000534. The minimum absolute atomic E-state index is 0.0517. The Hall–Kier alpha value is -4.14. The third-order valence-electron chi connectivity index (χ3n) is 7.76. The number of benzene rings is 1. The molecule has 1 saturated carbocycles. The van der Waals surface area contributed by atoms with E-state index in [9.17, 15) is 14.4 Å². The molecule has 2 fully saturated rings. The van der Waals surface area contributed by atoms with Gasteiger partial charge in [-0.25, -0.2) is 9.97 Å². The van der Waals surface area contributed by atoms with Crippen molar-refractivity contribution in [2.75, 3.05) is 27.8 Å². The highest BCUT2D eigenvalue weighted by atomic mass is 16.2. The minimum Gasteiger partial charge on any atom is -0.356 e. The van der Waals surface area contributed by atoms with E-state index in [1.807, 2.05) is 41.3 Å². The van der Waals surface area contributed by atoms with E-state index in [0.717, 1.165) is 35.5 Å². The molecule has 220 valence electrons.